The van der Waals surface area contributed by atoms with E-state index in [1.165, 1.54) is 0 Å². The van der Waals surface area contributed by atoms with E-state index in [1.54, 1.807) is 18.4 Å². The van der Waals surface area contributed by atoms with Gasteiger partial charge in [0.15, 0.2) is 0 Å². The lowest BCUT2D eigenvalue weighted by molar-refractivity contribution is 0.187. The average molecular weight is 281 g/mol. The van der Waals surface area contributed by atoms with Gasteiger partial charge in [-0.3, -0.25) is 9.46 Å². The monoisotopic (exact) mass is 281 g/mol. The molecule has 0 aromatic carbocycles. The van der Waals surface area contributed by atoms with Crippen LogP contribution in [0.1, 0.15) is 34.6 Å². The van der Waals surface area contributed by atoms with Gasteiger partial charge in [-0.1, -0.05) is 0 Å². The highest BCUT2D eigenvalue weighted by Crippen LogP contribution is 2.45. The number of nitrogens with zero attached hydrogens (tertiary/aromatic N) is 1. The molecule has 17 heavy (non-hydrogen) atoms. The molecule has 0 heterocycles. The zero-order valence-corrected chi connectivity index (χ0v) is 13.8. The lowest BCUT2D eigenvalue weighted by Gasteiger charge is -2.30. The molecule has 0 saturated carbocycles. The lowest BCUT2D eigenvalue weighted by atomic mass is 10.2. The Morgan fingerprint density at radius 2 is 1.76 bits per heavy atom. The van der Waals surface area contributed by atoms with Crippen LogP contribution in [-0.2, 0) is 9.09 Å². The second-order valence-electron chi connectivity index (χ2n) is 4.89. The van der Waals surface area contributed by atoms with Crippen molar-refractivity contribution in [1.82, 2.24) is 4.90 Å². The molecule has 5 heteroatoms. The summed E-state index contributed by atoms with van der Waals surface area (Å²) in [5, 5.41) is 0. The van der Waals surface area contributed by atoms with Crippen molar-refractivity contribution in [2.24, 2.45) is 0 Å². The maximum absolute atomic E-state index is 11.9. The van der Waals surface area contributed by atoms with Gasteiger partial charge in [0, 0.05) is 31.0 Å². The molecular formula is C12H28NO2PS. The first-order valence-corrected chi connectivity index (χ1v) is 9.76. The van der Waals surface area contributed by atoms with Crippen LogP contribution < -0.4 is 0 Å². The van der Waals surface area contributed by atoms with Crippen LogP contribution >= 0.6 is 19.1 Å². The number of hydrogen-bond acceptors (Lipinski definition) is 4. The third-order valence-electron chi connectivity index (χ3n) is 2.55. The largest absolute Gasteiger partial charge is 0.328 e. The van der Waals surface area contributed by atoms with Crippen molar-refractivity contribution < 1.29 is 9.09 Å². The SMILES string of the molecule is CCO[P@@](C)(=O)CSCCN(C(C)C)C(C)C. The van der Waals surface area contributed by atoms with Crippen LogP contribution in [0.5, 0.6) is 0 Å². The third-order valence-corrected chi connectivity index (χ3v) is 6.43. The summed E-state index contributed by atoms with van der Waals surface area (Å²) >= 11 is 1.73. The van der Waals surface area contributed by atoms with E-state index in [2.05, 4.69) is 32.6 Å². The first kappa shape index (κ1) is 17.5. The van der Waals surface area contributed by atoms with E-state index in [0.717, 1.165) is 12.3 Å². The lowest BCUT2D eigenvalue weighted by Crippen LogP contribution is -2.38. The maximum atomic E-state index is 11.9. The van der Waals surface area contributed by atoms with Crippen LogP contribution in [0.25, 0.3) is 0 Å². The molecule has 0 aliphatic heterocycles. The van der Waals surface area contributed by atoms with Crippen LogP contribution in [0.2, 0.25) is 0 Å². The molecule has 0 spiro atoms. The van der Waals surface area contributed by atoms with E-state index >= 15 is 0 Å². The zero-order chi connectivity index (χ0) is 13.5. The summed E-state index contributed by atoms with van der Waals surface area (Å²) in [6.07, 6.45) is 0. The van der Waals surface area contributed by atoms with Crippen molar-refractivity contribution in [3.05, 3.63) is 0 Å². The Hall–Kier alpha value is 0.500. The summed E-state index contributed by atoms with van der Waals surface area (Å²) < 4.78 is 17.1. The average Bonchev–Trinajstić information content (AvgIpc) is 2.15. The molecule has 0 radical (unpaired) electrons. The molecule has 0 unspecified atom stereocenters. The van der Waals surface area contributed by atoms with E-state index in [0.29, 0.717) is 24.2 Å². The third kappa shape index (κ3) is 8.25. The van der Waals surface area contributed by atoms with Gasteiger partial charge in [0.1, 0.15) is 0 Å². The van der Waals surface area contributed by atoms with Crippen molar-refractivity contribution in [3.8, 4) is 0 Å². The minimum atomic E-state index is -2.36. The summed E-state index contributed by atoms with van der Waals surface area (Å²) in [6.45, 7) is 14.1. The van der Waals surface area contributed by atoms with Crippen LogP contribution in [0.15, 0.2) is 0 Å². The predicted molar refractivity (Wildman–Crippen MR) is 79.5 cm³/mol. The Balaban J connectivity index is 3.87. The molecule has 3 nitrogen and oxygen atoms in total. The second kappa shape index (κ2) is 8.58. The highest BCUT2D eigenvalue weighted by Gasteiger charge is 2.16. The normalized spacial score (nSPS) is 15.8. The smallest absolute Gasteiger partial charge is 0.209 e. The van der Waals surface area contributed by atoms with Crippen LogP contribution in [0.4, 0.5) is 0 Å². The fourth-order valence-corrected chi connectivity index (χ4v) is 4.85. The highest BCUT2D eigenvalue weighted by atomic mass is 32.2. The number of hydrogen-bond donors (Lipinski definition) is 0. The first-order chi connectivity index (χ1) is 7.80. The Bertz CT molecular complexity index is 239. The molecule has 0 N–H and O–H groups in total. The van der Waals surface area contributed by atoms with Gasteiger partial charge in [-0.15, -0.1) is 0 Å². The predicted octanol–water partition coefficient (Wildman–Crippen LogP) is 3.74. The van der Waals surface area contributed by atoms with Crippen molar-refractivity contribution in [1.29, 1.82) is 0 Å². The van der Waals surface area contributed by atoms with E-state index in [1.807, 2.05) is 6.92 Å². The van der Waals surface area contributed by atoms with Gasteiger partial charge in [0.25, 0.3) is 0 Å². The van der Waals surface area contributed by atoms with E-state index in [9.17, 15) is 4.57 Å². The fourth-order valence-electron chi connectivity index (χ4n) is 1.82. The zero-order valence-electron chi connectivity index (χ0n) is 12.1. The summed E-state index contributed by atoms with van der Waals surface area (Å²) in [6, 6.07) is 1.13. The molecule has 0 bridgehead atoms. The molecule has 104 valence electrons. The van der Waals surface area contributed by atoms with Crippen molar-refractivity contribution in [2.75, 3.05) is 31.1 Å². The molecule has 0 saturated heterocycles. The van der Waals surface area contributed by atoms with Crippen LogP contribution in [-0.4, -0.2) is 48.0 Å². The molecular weight excluding hydrogens is 253 g/mol. The number of rotatable bonds is 9. The van der Waals surface area contributed by atoms with Crippen molar-refractivity contribution in [2.45, 2.75) is 46.7 Å². The van der Waals surface area contributed by atoms with Gasteiger partial charge < -0.3 is 4.52 Å². The second-order valence-corrected chi connectivity index (χ2v) is 9.03. The minimum Gasteiger partial charge on any atom is -0.328 e. The Kier molecular flexibility index (Phi) is 8.83. The van der Waals surface area contributed by atoms with Crippen LogP contribution in [0.3, 0.4) is 0 Å². The van der Waals surface area contributed by atoms with Crippen LogP contribution in [0, 0.1) is 0 Å². The quantitative estimate of drug-likeness (QED) is 0.475. The first-order valence-electron chi connectivity index (χ1n) is 6.34. The van der Waals surface area contributed by atoms with E-state index < -0.39 is 7.37 Å². The highest BCUT2D eigenvalue weighted by molar-refractivity contribution is 8.05. The summed E-state index contributed by atoms with van der Waals surface area (Å²) in [5.74, 6) is 1.02. The van der Waals surface area contributed by atoms with E-state index in [-0.39, 0.29) is 0 Å². The molecule has 1 atom stereocenters. The Labute approximate surface area is 111 Å². The van der Waals surface area contributed by atoms with Gasteiger partial charge >= 0.3 is 0 Å². The van der Waals surface area contributed by atoms with Crippen molar-refractivity contribution >= 4 is 19.1 Å². The molecule has 0 fully saturated rings. The summed E-state index contributed by atoms with van der Waals surface area (Å²) in [7, 11) is -2.36. The molecule has 0 aliphatic rings. The summed E-state index contributed by atoms with van der Waals surface area (Å²) in [4.78, 5) is 2.45. The van der Waals surface area contributed by atoms with Gasteiger partial charge in [-0.2, -0.15) is 11.8 Å². The van der Waals surface area contributed by atoms with Gasteiger partial charge in [0.05, 0.1) is 12.1 Å². The Morgan fingerprint density at radius 1 is 1.24 bits per heavy atom. The minimum absolute atomic E-state index is 0.540. The van der Waals surface area contributed by atoms with Gasteiger partial charge in [0.2, 0.25) is 7.37 Å². The molecule has 0 aromatic heterocycles. The van der Waals surface area contributed by atoms with E-state index in [4.69, 9.17) is 4.52 Å². The maximum Gasteiger partial charge on any atom is 0.209 e. The van der Waals surface area contributed by atoms with Gasteiger partial charge in [-0.05, 0) is 34.6 Å². The number of thioether (sulfide) groups is 1. The van der Waals surface area contributed by atoms with Gasteiger partial charge in [-0.25, -0.2) is 0 Å². The Morgan fingerprint density at radius 3 is 2.18 bits per heavy atom. The molecule has 0 aliphatic carbocycles. The topological polar surface area (TPSA) is 29.5 Å². The fraction of sp³-hybridized carbons (Fsp3) is 1.00. The summed E-state index contributed by atoms with van der Waals surface area (Å²) in [5.41, 5.74) is 0.630. The van der Waals surface area contributed by atoms with Crippen molar-refractivity contribution in [3.63, 3.8) is 0 Å². The molecule has 0 amide bonds. The molecule has 0 rings (SSSR count). The molecule has 0 aromatic rings. The standard InChI is InChI=1S/C12H28NO2PS/c1-7-15-16(6,14)10-17-9-8-13(11(2)3)12(4)5/h11-12H,7-10H2,1-6H3/t16-/m1/s1.